The van der Waals surface area contributed by atoms with Crippen LogP contribution in [0.5, 0.6) is 0 Å². The predicted octanol–water partition coefficient (Wildman–Crippen LogP) is 2.29. The van der Waals surface area contributed by atoms with E-state index in [4.69, 9.17) is 9.47 Å². The minimum atomic E-state index is -0.395. The van der Waals surface area contributed by atoms with Crippen LogP contribution in [-0.2, 0) is 14.3 Å². The Balaban J connectivity index is 2.00. The summed E-state index contributed by atoms with van der Waals surface area (Å²) in [5.74, 6) is -0.395. The Kier molecular flexibility index (Phi) is 4.55. The molecule has 1 fully saturated rings. The molecule has 0 spiro atoms. The van der Waals surface area contributed by atoms with E-state index >= 15 is 0 Å². The summed E-state index contributed by atoms with van der Waals surface area (Å²) in [7, 11) is 0. The summed E-state index contributed by atoms with van der Waals surface area (Å²) in [6.07, 6.45) is 6.20. The van der Waals surface area contributed by atoms with Gasteiger partial charge in [-0.2, -0.15) is 0 Å². The van der Waals surface area contributed by atoms with E-state index in [9.17, 15) is 4.79 Å². The van der Waals surface area contributed by atoms with E-state index in [-0.39, 0.29) is 6.10 Å². The lowest BCUT2D eigenvalue weighted by Gasteiger charge is -2.16. The quantitative estimate of drug-likeness (QED) is 0.487. The van der Waals surface area contributed by atoms with E-state index < -0.39 is 5.79 Å². The average Bonchev–Trinajstić information content (AvgIpc) is 2.45. The second-order valence-electron chi connectivity index (χ2n) is 4.26. The standard InChI is InChI=1S/C11H20O3/c1-11(2)13-9-10(14-11)7-5-3-4-6-8-12/h8,10H,3-7,9H2,1-2H3. The highest BCUT2D eigenvalue weighted by atomic mass is 16.7. The molecule has 1 heterocycles. The lowest BCUT2D eigenvalue weighted by molar-refractivity contribution is -0.139. The molecule has 0 radical (unpaired) electrons. The summed E-state index contributed by atoms with van der Waals surface area (Å²) in [5, 5.41) is 0. The number of carbonyl (C=O) groups excluding carboxylic acids is 1. The molecule has 1 rings (SSSR count). The van der Waals surface area contributed by atoms with Gasteiger partial charge in [-0.1, -0.05) is 12.8 Å². The van der Waals surface area contributed by atoms with Crippen molar-refractivity contribution >= 4 is 6.29 Å². The predicted molar refractivity (Wildman–Crippen MR) is 54.1 cm³/mol. The van der Waals surface area contributed by atoms with Crippen molar-refractivity contribution in [2.45, 2.75) is 57.8 Å². The number of ether oxygens (including phenoxy) is 2. The number of aldehydes is 1. The van der Waals surface area contributed by atoms with Crippen LogP contribution in [0, 0.1) is 0 Å². The van der Waals surface area contributed by atoms with Crippen molar-refractivity contribution in [3.05, 3.63) is 0 Å². The number of hydrogen-bond donors (Lipinski definition) is 0. The summed E-state index contributed by atoms with van der Waals surface area (Å²) in [4.78, 5) is 10.1. The van der Waals surface area contributed by atoms with Gasteiger partial charge in [0, 0.05) is 6.42 Å². The number of hydrogen-bond acceptors (Lipinski definition) is 3. The van der Waals surface area contributed by atoms with Crippen LogP contribution < -0.4 is 0 Å². The molecule has 0 aromatic carbocycles. The first-order valence-corrected chi connectivity index (χ1v) is 5.39. The van der Waals surface area contributed by atoms with E-state index in [0.29, 0.717) is 13.0 Å². The zero-order valence-corrected chi connectivity index (χ0v) is 9.12. The van der Waals surface area contributed by atoms with Crippen LogP contribution in [0.1, 0.15) is 46.0 Å². The van der Waals surface area contributed by atoms with E-state index in [2.05, 4.69) is 0 Å². The topological polar surface area (TPSA) is 35.5 Å². The van der Waals surface area contributed by atoms with Gasteiger partial charge in [0.05, 0.1) is 12.7 Å². The molecule has 0 bridgehead atoms. The molecule has 14 heavy (non-hydrogen) atoms. The molecule has 0 saturated carbocycles. The molecule has 1 aliphatic heterocycles. The molecule has 3 heteroatoms. The van der Waals surface area contributed by atoms with E-state index in [1.54, 1.807) is 0 Å². The smallest absolute Gasteiger partial charge is 0.163 e. The molecule has 1 aliphatic rings. The zero-order chi connectivity index (χ0) is 10.4. The molecule has 0 aromatic heterocycles. The largest absolute Gasteiger partial charge is 0.348 e. The van der Waals surface area contributed by atoms with Crippen molar-refractivity contribution in [1.29, 1.82) is 0 Å². The van der Waals surface area contributed by atoms with Gasteiger partial charge in [0.2, 0.25) is 0 Å². The van der Waals surface area contributed by atoms with Gasteiger partial charge in [0.1, 0.15) is 6.29 Å². The highest BCUT2D eigenvalue weighted by Gasteiger charge is 2.31. The first-order valence-electron chi connectivity index (χ1n) is 5.39. The molecule has 1 saturated heterocycles. The highest BCUT2D eigenvalue weighted by molar-refractivity contribution is 5.48. The fourth-order valence-electron chi connectivity index (χ4n) is 1.68. The van der Waals surface area contributed by atoms with Crippen molar-refractivity contribution in [3.63, 3.8) is 0 Å². The summed E-state index contributed by atoms with van der Waals surface area (Å²) < 4.78 is 11.1. The van der Waals surface area contributed by atoms with Crippen LogP contribution in [0.2, 0.25) is 0 Å². The Labute approximate surface area is 85.8 Å². The number of unbranched alkanes of at least 4 members (excludes halogenated alkanes) is 3. The third kappa shape index (κ3) is 4.20. The van der Waals surface area contributed by atoms with Gasteiger partial charge in [0.25, 0.3) is 0 Å². The first-order chi connectivity index (χ1) is 6.64. The summed E-state index contributed by atoms with van der Waals surface area (Å²) in [6, 6.07) is 0. The fourth-order valence-corrected chi connectivity index (χ4v) is 1.68. The minimum Gasteiger partial charge on any atom is -0.348 e. The third-order valence-electron chi connectivity index (χ3n) is 2.42. The molecule has 0 aliphatic carbocycles. The Morgan fingerprint density at radius 2 is 2.14 bits per heavy atom. The molecule has 3 nitrogen and oxygen atoms in total. The van der Waals surface area contributed by atoms with Crippen LogP contribution in [0.3, 0.4) is 0 Å². The lowest BCUT2D eigenvalue weighted by atomic mass is 10.1. The van der Waals surface area contributed by atoms with Crippen molar-refractivity contribution in [2.24, 2.45) is 0 Å². The Morgan fingerprint density at radius 1 is 1.36 bits per heavy atom. The molecule has 0 N–H and O–H groups in total. The van der Waals surface area contributed by atoms with Gasteiger partial charge < -0.3 is 14.3 Å². The van der Waals surface area contributed by atoms with E-state index in [0.717, 1.165) is 32.0 Å². The lowest BCUT2D eigenvalue weighted by Crippen LogP contribution is -2.21. The molecule has 0 aromatic rings. The van der Waals surface area contributed by atoms with Gasteiger partial charge in [-0.25, -0.2) is 0 Å². The van der Waals surface area contributed by atoms with E-state index in [1.165, 1.54) is 0 Å². The van der Waals surface area contributed by atoms with Gasteiger partial charge in [-0.15, -0.1) is 0 Å². The van der Waals surface area contributed by atoms with Gasteiger partial charge >= 0.3 is 0 Å². The maximum Gasteiger partial charge on any atom is 0.163 e. The van der Waals surface area contributed by atoms with Crippen molar-refractivity contribution in [1.82, 2.24) is 0 Å². The van der Waals surface area contributed by atoms with Crippen LogP contribution >= 0.6 is 0 Å². The first kappa shape index (κ1) is 11.7. The van der Waals surface area contributed by atoms with Gasteiger partial charge in [-0.05, 0) is 26.7 Å². The maximum absolute atomic E-state index is 10.1. The molecule has 1 atom stereocenters. The molecule has 82 valence electrons. The third-order valence-corrected chi connectivity index (χ3v) is 2.42. The number of carbonyl (C=O) groups is 1. The average molecular weight is 200 g/mol. The number of rotatable bonds is 6. The Morgan fingerprint density at radius 3 is 2.71 bits per heavy atom. The maximum atomic E-state index is 10.1. The van der Waals surface area contributed by atoms with Gasteiger partial charge in [0.15, 0.2) is 5.79 Å². The minimum absolute atomic E-state index is 0.251. The van der Waals surface area contributed by atoms with Gasteiger partial charge in [-0.3, -0.25) is 0 Å². The second-order valence-corrected chi connectivity index (χ2v) is 4.26. The summed E-state index contributed by atoms with van der Waals surface area (Å²) in [6.45, 7) is 4.60. The molecular formula is C11H20O3. The Hall–Kier alpha value is -0.410. The van der Waals surface area contributed by atoms with E-state index in [1.807, 2.05) is 13.8 Å². The van der Waals surface area contributed by atoms with Crippen molar-refractivity contribution in [3.8, 4) is 0 Å². The monoisotopic (exact) mass is 200 g/mol. The second kappa shape index (κ2) is 5.47. The van der Waals surface area contributed by atoms with Crippen molar-refractivity contribution < 1.29 is 14.3 Å². The summed E-state index contributed by atoms with van der Waals surface area (Å²) in [5.41, 5.74) is 0. The zero-order valence-electron chi connectivity index (χ0n) is 9.12. The normalized spacial score (nSPS) is 25.1. The highest BCUT2D eigenvalue weighted by Crippen LogP contribution is 2.25. The fraction of sp³-hybridized carbons (Fsp3) is 0.909. The molecule has 0 amide bonds. The van der Waals surface area contributed by atoms with Crippen molar-refractivity contribution in [2.75, 3.05) is 6.61 Å². The SMILES string of the molecule is CC1(C)OCC(CCCCCC=O)O1. The molecular weight excluding hydrogens is 180 g/mol. The van der Waals surface area contributed by atoms with Crippen LogP contribution in [0.4, 0.5) is 0 Å². The summed E-state index contributed by atoms with van der Waals surface area (Å²) >= 11 is 0. The Bertz CT molecular complexity index is 177. The molecule has 1 unspecified atom stereocenters. The van der Waals surface area contributed by atoms with Crippen LogP contribution in [0.15, 0.2) is 0 Å². The van der Waals surface area contributed by atoms with Crippen LogP contribution in [-0.4, -0.2) is 24.8 Å². The van der Waals surface area contributed by atoms with Crippen LogP contribution in [0.25, 0.3) is 0 Å².